The number of nitrogens with one attached hydrogen (secondary N) is 2. The van der Waals surface area contributed by atoms with E-state index in [0.717, 1.165) is 28.3 Å². The van der Waals surface area contributed by atoms with Crippen LogP contribution >= 0.6 is 0 Å². The molecule has 0 aliphatic carbocycles. The van der Waals surface area contributed by atoms with Gasteiger partial charge in [0.1, 0.15) is 5.75 Å². The molecule has 1 aromatic carbocycles. The van der Waals surface area contributed by atoms with E-state index in [-0.39, 0.29) is 12.1 Å². The van der Waals surface area contributed by atoms with Gasteiger partial charge < -0.3 is 15.4 Å². The molecule has 2 N–H and O–H groups in total. The molecule has 0 saturated heterocycles. The van der Waals surface area contributed by atoms with Crippen molar-refractivity contribution in [3.8, 4) is 5.75 Å². The number of nitrogens with zero attached hydrogens (tertiary/aromatic N) is 2. The molecule has 2 amide bonds. The van der Waals surface area contributed by atoms with Crippen LogP contribution in [-0.2, 0) is 7.05 Å². The second-order valence-corrected chi connectivity index (χ2v) is 5.58. The first-order valence-corrected chi connectivity index (χ1v) is 7.71. The number of urea groups is 1. The third kappa shape index (κ3) is 4.25. The Morgan fingerprint density at radius 1 is 1.39 bits per heavy atom. The molecule has 0 aliphatic heterocycles. The second kappa shape index (κ2) is 7.17. The van der Waals surface area contributed by atoms with E-state index < -0.39 is 0 Å². The molecule has 1 unspecified atom stereocenters. The Hall–Kier alpha value is -2.50. The van der Waals surface area contributed by atoms with Gasteiger partial charge in [0.25, 0.3) is 0 Å². The van der Waals surface area contributed by atoms with Crippen molar-refractivity contribution >= 4 is 11.7 Å². The lowest BCUT2D eigenvalue weighted by atomic mass is 10.1. The van der Waals surface area contributed by atoms with Gasteiger partial charge >= 0.3 is 6.03 Å². The molecule has 0 fully saturated rings. The van der Waals surface area contributed by atoms with Crippen LogP contribution in [0.1, 0.15) is 36.7 Å². The second-order valence-electron chi connectivity index (χ2n) is 5.58. The average Bonchev–Trinajstić information content (AvgIpc) is 2.81. The van der Waals surface area contributed by atoms with Crippen molar-refractivity contribution in [3.63, 3.8) is 0 Å². The zero-order valence-corrected chi connectivity index (χ0v) is 14.3. The van der Waals surface area contributed by atoms with Crippen molar-refractivity contribution < 1.29 is 9.53 Å². The molecule has 23 heavy (non-hydrogen) atoms. The number of benzene rings is 1. The lowest BCUT2D eigenvalue weighted by Crippen LogP contribution is -2.31. The fourth-order valence-corrected chi connectivity index (χ4v) is 2.53. The lowest BCUT2D eigenvalue weighted by Gasteiger charge is -2.15. The minimum absolute atomic E-state index is 0.118. The Balaban J connectivity index is 1.99. The molecule has 124 valence electrons. The van der Waals surface area contributed by atoms with E-state index in [1.165, 1.54) is 0 Å². The first-order chi connectivity index (χ1) is 10.9. The SMILES string of the molecule is CCOc1ccc(NC(=O)NC(C)c2cn(C)nc2C)cc1C. The van der Waals surface area contributed by atoms with Crippen molar-refractivity contribution in [3.05, 3.63) is 41.2 Å². The number of amides is 2. The van der Waals surface area contributed by atoms with E-state index in [4.69, 9.17) is 4.74 Å². The minimum atomic E-state index is -0.246. The number of carbonyl (C=O) groups is 1. The van der Waals surface area contributed by atoms with Gasteiger partial charge in [0.2, 0.25) is 0 Å². The van der Waals surface area contributed by atoms with Gasteiger partial charge in [-0.3, -0.25) is 4.68 Å². The van der Waals surface area contributed by atoms with Crippen molar-refractivity contribution in [1.82, 2.24) is 15.1 Å². The number of hydrogen-bond donors (Lipinski definition) is 2. The number of anilines is 1. The zero-order chi connectivity index (χ0) is 17.0. The number of aromatic nitrogens is 2. The molecule has 1 heterocycles. The summed E-state index contributed by atoms with van der Waals surface area (Å²) in [5.41, 5.74) is 3.64. The van der Waals surface area contributed by atoms with Gasteiger partial charge in [-0.15, -0.1) is 0 Å². The van der Waals surface area contributed by atoms with E-state index in [1.807, 2.05) is 59.1 Å². The summed E-state index contributed by atoms with van der Waals surface area (Å²) in [7, 11) is 1.87. The molecule has 0 spiro atoms. The summed E-state index contributed by atoms with van der Waals surface area (Å²) in [5.74, 6) is 0.831. The third-order valence-electron chi connectivity index (χ3n) is 3.60. The molecule has 0 aliphatic rings. The third-order valence-corrected chi connectivity index (χ3v) is 3.60. The monoisotopic (exact) mass is 316 g/mol. The standard InChI is InChI=1S/C17H24N4O2/c1-6-23-16-8-7-14(9-11(16)2)19-17(22)18-12(3)15-10-21(5)20-13(15)4/h7-10,12H,6H2,1-5H3,(H2,18,19,22). The van der Waals surface area contributed by atoms with Crippen LogP contribution in [0.25, 0.3) is 0 Å². The molecule has 0 bridgehead atoms. The molecule has 0 saturated carbocycles. The van der Waals surface area contributed by atoms with Crippen LogP contribution in [0.2, 0.25) is 0 Å². The van der Waals surface area contributed by atoms with E-state index in [9.17, 15) is 4.79 Å². The van der Waals surface area contributed by atoms with Gasteiger partial charge in [0.05, 0.1) is 18.3 Å². The highest BCUT2D eigenvalue weighted by Gasteiger charge is 2.14. The maximum absolute atomic E-state index is 12.2. The van der Waals surface area contributed by atoms with Crippen LogP contribution in [0.4, 0.5) is 10.5 Å². The zero-order valence-electron chi connectivity index (χ0n) is 14.3. The summed E-state index contributed by atoms with van der Waals surface area (Å²) >= 11 is 0. The smallest absolute Gasteiger partial charge is 0.319 e. The van der Waals surface area contributed by atoms with Crippen LogP contribution in [0.3, 0.4) is 0 Å². The van der Waals surface area contributed by atoms with E-state index in [0.29, 0.717) is 6.61 Å². The topological polar surface area (TPSA) is 68.2 Å². The Kier molecular flexibility index (Phi) is 5.26. The van der Waals surface area contributed by atoms with Gasteiger partial charge in [-0.1, -0.05) is 0 Å². The molecule has 2 rings (SSSR count). The molecule has 0 radical (unpaired) electrons. The molecule has 1 atom stereocenters. The van der Waals surface area contributed by atoms with Crippen molar-refractivity contribution in [1.29, 1.82) is 0 Å². The van der Waals surface area contributed by atoms with Crippen LogP contribution < -0.4 is 15.4 Å². The highest BCUT2D eigenvalue weighted by molar-refractivity contribution is 5.89. The average molecular weight is 316 g/mol. The van der Waals surface area contributed by atoms with E-state index >= 15 is 0 Å². The summed E-state index contributed by atoms with van der Waals surface area (Å²) in [5, 5.41) is 10.1. The molecular formula is C17H24N4O2. The molecular weight excluding hydrogens is 292 g/mol. The molecule has 6 nitrogen and oxygen atoms in total. The quantitative estimate of drug-likeness (QED) is 0.889. The largest absolute Gasteiger partial charge is 0.494 e. The van der Waals surface area contributed by atoms with E-state index in [2.05, 4.69) is 15.7 Å². The maximum atomic E-state index is 12.2. The van der Waals surface area contributed by atoms with E-state index in [1.54, 1.807) is 4.68 Å². The predicted octanol–water partition coefficient (Wildman–Crippen LogP) is 3.32. The van der Waals surface area contributed by atoms with Gasteiger partial charge in [-0.2, -0.15) is 5.10 Å². The van der Waals surface area contributed by atoms with Crippen molar-refractivity contribution in [2.45, 2.75) is 33.7 Å². The van der Waals surface area contributed by atoms with Gasteiger partial charge in [0.15, 0.2) is 0 Å². The Morgan fingerprint density at radius 3 is 2.70 bits per heavy atom. The van der Waals surface area contributed by atoms with Gasteiger partial charge in [-0.25, -0.2) is 4.79 Å². The van der Waals surface area contributed by atoms with Gasteiger partial charge in [-0.05, 0) is 51.5 Å². The Morgan fingerprint density at radius 2 is 2.13 bits per heavy atom. The fraction of sp³-hybridized carbons (Fsp3) is 0.412. The summed E-state index contributed by atoms with van der Waals surface area (Å²) in [6.07, 6.45) is 1.92. The first-order valence-electron chi connectivity index (χ1n) is 7.71. The fourth-order valence-electron chi connectivity index (χ4n) is 2.53. The summed E-state index contributed by atoms with van der Waals surface area (Å²) < 4.78 is 7.24. The minimum Gasteiger partial charge on any atom is -0.494 e. The summed E-state index contributed by atoms with van der Waals surface area (Å²) in [6, 6.07) is 5.22. The number of rotatable bonds is 5. The number of ether oxygens (including phenoxy) is 1. The van der Waals surface area contributed by atoms with Crippen LogP contribution in [0.15, 0.2) is 24.4 Å². The van der Waals surface area contributed by atoms with Crippen LogP contribution in [0.5, 0.6) is 5.75 Å². The predicted molar refractivity (Wildman–Crippen MR) is 90.9 cm³/mol. The number of hydrogen-bond acceptors (Lipinski definition) is 3. The molecule has 1 aromatic heterocycles. The van der Waals surface area contributed by atoms with Crippen LogP contribution in [0, 0.1) is 13.8 Å². The lowest BCUT2D eigenvalue weighted by molar-refractivity contribution is 0.249. The highest BCUT2D eigenvalue weighted by atomic mass is 16.5. The molecule has 6 heteroatoms. The maximum Gasteiger partial charge on any atom is 0.319 e. The normalized spacial score (nSPS) is 11.9. The molecule has 2 aromatic rings. The highest BCUT2D eigenvalue weighted by Crippen LogP contribution is 2.22. The first kappa shape index (κ1) is 16.9. The number of carbonyl (C=O) groups excluding carboxylic acids is 1. The Labute approximate surface area is 136 Å². The Bertz CT molecular complexity index is 694. The summed E-state index contributed by atoms with van der Waals surface area (Å²) in [4.78, 5) is 12.2. The van der Waals surface area contributed by atoms with Gasteiger partial charge in [0, 0.05) is 24.5 Å². The van der Waals surface area contributed by atoms with Crippen LogP contribution in [-0.4, -0.2) is 22.4 Å². The van der Waals surface area contributed by atoms with Crippen molar-refractivity contribution in [2.24, 2.45) is 7.05 Å². The summed E-state index contributed by atoms with van der Waals surface area (Å²) in [6.45, 7) is 8.39. The van der Waals surface area contributed by atoms with Crippen molar-refractivity contribution in [2.75, 3.05) is 11.9 Å². The number of aryl methyl sites for hydroxylation is 3.